The summed E-state index contributed by atoms with van der Waals surface area (Å²) in [7, 11) is 8.63. The lowest BCUT2D eigenvalue weighted by Gasteiger charge is -2.43. The second-order valence-corrected chi connectivity index (χ2v) is 27.4. The van der Waals surface area contributed by atoms with Gasteiger partial charge in [0.2, 0.25) is 65.0 Å². The normalized spacial score (nSPS) is 27.1. The Hall–Kier alpha value is -6.53. The molecule has 1 spiro atoms. The van der Waals surface area contributed by atoms with E-state index in [1.807, 2.05) is 20.8 Å². The highest BCUT2D eigenvalue weighted by atomic mass is 35.5. The molecular weight excluding hydrogens is 1200 g/mol. The molecule has 0 aromatic heterocycles. The lowest BCUT2D eigenvalue weighted by molar-refractivity contribution is -0.150. The zero-order chi connectivity index (χ0) is 67.4. The first kappa shape index (κ1) is 73.5. The third-order valence-corrected chi connectivity index (χ3v) is 19.9. The van der Waals surface area contributed by atoms with Crippen molar-refractivity contribution >= 4 is 76.6 Å². The van der Waals surface area contributed by atoms with Gasteiger partial charge in [-0.25, -0.2) is 0 Å². The van der Waals surface area contributed by atoms with Crippen molar-refractivity contribution in [2.75, 3.05) is 68.5 Å². The summed E-state index contributed by atoms with van der Waals surface area (Å²) in [5.41, 5.74) is -2.22. The molecule has 11 amide bonds. The summed E-state index contributed by atoms with van der Waals surface area (Å²) >= 11 is 6.12. The van der Waals surface area contributed by atoms with E-state index in [9.17, 15) is 56.3 Å². The first-order valence-corrected chi connectivity index (χ1v) is 33.1. The number of hydrogen-bond acceptors (Lipinski definition) is 11. The van der Waals surface area contributed by atoms with E-state index in [4.69, 9.17) is 11.6 Å². The van der Waals surface area contributed by atoms with Crippen molar-refractivity contribution in [1.82, 2.24) is 55.6 Å². The Balaban J connectivity index is 1.36. The molecule has 8 atom stereocenters. The number of aryl methyl sites for hydroxylation is 1. The third kappa shape index (κ3) is 18.8. The molecule has 2 heterocycles. The van der Waals surface area contributed by atoms with Gasteiger partial charge >= 0.3 is 6.18 Å². The first-order chi connectivity index (χ1) is 42.8. The van der Waals surface area contributed by atoms with Gasteiger partial charge in [-0.1, -0.05) is 103 Å². The van der Waals surface area contributed by atoms with Crippen LogP contribution in [0.2, 0.25) is 5.02 Å². The molecule has 5 aliphatic rings. The van der Waals surface area contributed by atoms with Gasteiger partial charge in [0.1, 0.15) is 41.8 Å². The smallest absolute Gasteiger partial charge is 0.351 e. The van der Waals surface area contributed by atoms with Gasteiger partial charge in [0, 0.05) is 61.3 Å². The van der Waals surface area contributed by atoms with Gasteiger partial charge in [0.15, 0.2) is 0 Å². The molecule has 1 aromatic rings. The highest BCUT2D eigenvalue weighted by Crippen LogP contribution is 2.38. The van der Waals surface area contributed by atoms with Crippen LogP contribution in [0, 0.1) is 23.7 Å². The third-order valence-electron chi connectivity index (χ3n) is 19.6. The fraction of sp³-hybridized carbons (Fsp3) is 0.738. The van der Waals surface area contributed by atoms with Crippen LogP contribution in [0.3, 0.4) is 0 Å². The van der Waals surface area contributed by atoms with Gasteiger partial charge < -0.3 is 55.6 Å². The number of fused-ring (bicyclic) bond motifs is 1. The summed E-state index contributed by atoms with van der Waals surface area (Å²) in [4.78, 5) is 169. The Labute approximate surface area is 539 Å². The minimum Gasteiger partial charge on any atom is -0.351 e. The van der Waals surface area contributed by atoms with E-state index in [0.717, 1.165) is 60.5 Å². The quantitative estimate of drug-likeness (QED) is 0.234. The van der Waals surface area contributed by atoms with Crippen LogP contribution in [-0.4, -0.2) is 216 Å². The molecule has 26 heteroatoms. The molecule has 508 valence electrons. The molecule has 3 aliphatic carbocycles. The molecule has 4 N–H and O–H groups in total. The van der Waals surface area contributed by atoms with Crippen molar-refractivity contribution in [2.24, 2.45) is 23.7 Å². The minimum absolute atomic E-state index is 0.0360. The summed E-state index contributed by atoms with van der Waals surface area (Å²) in [5, 5.41) is 11.1. The molecule has 22 nitrogen and oxygen atoms in total. The van der Waals surface area contributed by atoms with Crippen LogP contribution in [0.1, 0.15) is 168 Å². The van der Waals surface area contributed by atoms with Gasteiger partial charge in [-0.2, -0.15) is 13.2 Å². The topological polar surface area (TPSA) is 259 Å². The maximum absolute atomic E-state index is 15.1. The summed E-state index contributed by atoms with van der Waals surface area (Å²) in [5.74, 6) is -7.37. The highest BCUT2D eigenvalue weighted by Gasteiger charge is 2.51. The summed E-state index contributed by atoms with van der Waals surface area (Å²) in [6.45, 7) is 7.52. The summed E-state index contributed by atoms with van der Waals surface area (Å²) in [6.07, 6.45) is 4.29. The van der Waals surface area contributed by atoms with Crippen molar-refractivity contribution in [3.8, 4) is 0 Å². The fourth-order valence-electron chi connectivity index (χ4n) is 13.6. The Bertz CT molecular complexity index is 2810. The molecule has 6 rings (SSSR count). The number of rotatable bonds is 10. The SMILES string of the molecule is CC[C@H](C)[C@@H]1NC(=O)[C@H](CC(C)C)N(C)C(=O)C[C@@H](C)NC(=O)[C@H](C2CCC2)N(C)C(=O)C2(CCCC2)NC(=O)[C@@H]2CCCN2C(=O)[C@H](CCc2ccc(C(F)(F)F)c(Cl)c2)NC(=O)CN(C)C(=O)[C@H](CC2CCCCC2)N(C)C(=O)CN(C)C(=O)CN(C)C1=O. The Kier molecular flexibility index (Phi) is 26.1. The maximum Gasteiger partial charge on any atom is 0.417 e. The van der Waals surface area contributed by atoms with Gasteiger partial charge in [-0.15, -0.1) is 0 Å². The predicted molar refractivity (Wildman–Crippen MR) is 335 cm³/mol. The van der Waals surface area contributed by atoms with Crippen molar-refractivity contribution in [3.05, 3.63) is 34.3 Å². The van der Waals surface area contributed by atoms with Crippen molar-refractivity contribution < 1.29 is 65.9 Å². The highest BCUT2D eigenvalue weighted by molar-refractivity contribution is 6.31. The van der Waals surface area contributed by atoms with E-state index >= 15 is 9.59 Å². The van der Waals surface area contributed by atoms with Crippen LogP contribution >= 0.6 is 11.6 Å². The second-order valence-electron chi connectivity index (χ2n) is 27.0. The van der Waals surface area contributed by atoms with Crippen molar-refractivity contribution in [2.45, 2.75) is 217 Å². The molecule has 0 unspecified atom stereocenters. The second kappa shape index (κ2) is 32.4. The number of carbonyl (C=O) groups is 11. The molecule has 5 fully saturated rings. The van der Waals surface area contributed by atoms with E-state index in [1.165, 1.54) is 72.9 Å². The van der Waals surface area contributed by atoms with E-state index in [1.54, 1.807) is 13.8 Å². The lowest BCUT2D eigenvalue weighted by Crippen LogP contribution is -2.65. The number of nitrogens with zero attached hydrogens (tertiary/aromatic N) is 7. The molecule has 0 radical (unpaired) electrons. The zero-order valence-electron chi connectivity index (χ0n) is 55.2. The molecule has 2 saturated heterocycles. The predicted octanol–water partition coefficient (Wildman–Crippen LogP) is 5.31. The van der Waals surface area contributed by atoms with Gasteiger partial charge in [0.05, 0.1) is 30.2 Å². The van der Waals surface area contributed by atoms with Gasteiger partial charge in [-0.05, 0) is 112 Å². The summed E-state index contributed by atoms with van der Waals surface area (Å²) < 4.78 is 41.3. The number of alkyl halides is 3. The lowest BCUT2D eigenvalue weighted by atomic mass is 9.78. The number of carbonyl (C=O) groups excluding carboxylic acids is 11. The Morgan fingerprint density at radius 3 is 1.87 bits per heavy atom. The number of nitrogens with one attached hydrogen (secondary N) is 4. The first-order valence-electron chi connectivity index (χ1n) is 32.7. The standard InChI is InChI=1S/C65H99ClF3N11O11/c1-12-40(4)55-62(90)76(8)37-53(83)74(6)38-54(84)78(10)50(35-42-20-14-13-15-21-42)61(89)75(7)36-51(81)71-47(28-26-43-25-27-45(46(66)34-43)65(67,68)69)60(88)80-31-19-24-48(80)58(86)73-64(29-16-17-30-64)63(91)79(11)56(44-22-18-23-44)59(87)70-41(5)33-52(82)77(9)49(32-39(2)3)57(85)72-55/h25,27,34,39-42,44,47-50,55-56H,12-24,26,28-33,35-38H2,1-11H3,(H,70,87)(H,71,81)(H,72,85)(H,73,86)/t40-,41+,47-,48-,49-,50-,55-,56-/m0/s1. The van der Waals surface area contributed by atoms with E-state index < -0.39 is 155 Å². The Morgan fingerprint density at radius 2 is 1.27 bits per heavy atom. The number of amides is 11. The molecule has 3 saturated carbocycles. The van der Waals surface area contributed by atoms with Crippen LogP contribution in [0.4, 0.5) is 13.2 Å². The fourth-order valence-corrected chi connectivity index (χ4v) is 13.9. The molecular formula is C65H99ClF3N11O11. The molecule has 2 aliphatic heterocycles. The van der Waals surface area contributed by atoms with E-state index in [-0.39, 0.29) is 75.7 Å². The minimum atomic E-state index is -4.74. The number of halogens is 4. The van der Waals surface area contributed by atoms with E-state index in [2.05, 4.69) is 21.3 Å². The van der Waals surface area contributed by atoms with Crippen LogP contribution in [0.25, 0.3) is 0 Å². The van der Waals surface area contributed by atoms with Crippen LogP contribution < -0.4 is 21.3 Å². The average molecular weight is 1300 g/mol. The summed E-state index contributed by atoms with van der Waals surface area (Å²) in [6, 6.07) is -4.41. The van der Waals surface area contributed by atoms with Gasteiger partial charge in [0.25, 0.3) is 0 Å². The van der Waals surface area contributed by atoms with Crippen LogP contribution in [-0.2, 0) is 65.3 Å². The number of likely N-dealkylation sites (N-methyl/N-ethyl adjacent to an activating group) is 6. The number of hydrogen-bond donors (Lipinski definition) is 4. The van der Waals surface area contributed by atoms with Crippen LogP contribution in [0.15, 0.2) is 18.2 Å². The maximum atomic E-state index is 15.1. The largest absolute Gasteiger partial charge is 0.417 e. The molecule has 91 heavy (non-hydrogen) atoms. The zero-order valence-corrected chi connectivity index (χ0v) is 55.9. The Morgan fingerprint density at radius 1 is 0.648 bits per heavy atom. The van der Waals surface area contributed by atoms with Gasteiger partial charge in [-0.3, -0.25) is 52.7 Å². The van der Waals surface area contributed by atoms with E-state index in [0.29, 0.717) is 44.1 Å². The monoisotopic (exact) mass is 1300 g/mol. The number of benzene rings is 1. The van der Waals surface area contributed by atoms with Crippen molar-refractivity contribution in [3.63, 3.8) is 0 Å². The van der Waals surface area contributed by atoms with Crippen molar-refractivity contribution in [1.29, 1.82) is 0 Å². The molecule has 1 aromatic carbocycles. The molecule has 0 bridgehead atoms. The van der Waals surface area contributed by atoms with Crippen LogP contribution in [0.5, 0.6) is 0 Å². The average Bonchev–Trinajstić information content (AvgIpc) is 1.88.